The molecule has 1 unspecified atom stereocenters. The van der Waals surface area contributed by atoms with Gasteiger partial charge in [0, 0.05) is 29.4 Å². The van der Waals surface area contributed by atoms with E-state index in [1.807, 2.05) is 31.2 Å². The molecule has 0 saturated carbocycles. The molecule has 3 rings (SSSR count). The molecule has 1 aliphatic rings. The van der Waals surface area contributed by atoms with Crippen LogP contribution in [-0.2, 0) is 16.0 Å². The summed E-state index contributed by atoms with van der Waals surface area (Å²) in [4.78, 5) is 26.7. The maximum atomic E-state index is 12.7. The number of amides is 2. The molecule has 0 bridgehead atoms. The quantitative estimate of drug-likeness (QED) is 0.892. The Labute approximate surface area is 152 Å². The maximum Gasteiger partial charge on any atom is 0.229 e. The van der Waals surface area contributed by atoms with Crippen LogP contribution < -0.4 is 10.2 Å². The number of hydrogen-bond acceptors (Lipinski definition) is 2. The summed E-state index contributed by atoms with van der Waals surface area (Å²) in [5.74, 6) is -0.527. The third-order valence-electron chi connectivity index (χ3n) is 4.60. The topological polar surface area (TPSA) is 49.4 Å². The van der Waals surface area contributed by atoms with Crippen LogP contribution in [0, 0.1) is 12.8 Å². The van der Waals surface area contributed by atoms with Crippen LogP contribution in [0.1, 0.15) is 24.5 Å². The number of nitrogens with one attached hydrogen (secondary N) is 1. The summed E-state index contributed by atoms with van der Waals surface area (Å²) in [6.07, 6.45) is 1.06. The van der Waals surface area contributed by atoms with E-state index in [0.717, 1.165) is 28.9 Å². The Balaban J connectivity index is 1.76. The molecule has 0 aliphatic carbocycles. The summed E-state index contributed by atoms with van der Waals surface area (Å²) in [5, 5.41) is 3.61. The molecule has 5 heteroatoms. The van der Waals surface area contributed by atoms with Crippen molar-refractivity contribution in [3.05, 3.63) is 58.6 Å². The molecule has 1 heterocycles. The fourth-order valence-electron chi connectivity index (χ4n) is 3.20. The molecular formula is C20H21ClN2O2. The standard InChI is InChI=1S/C20H21ClN2O2/c1-3-14-7-4-6-13(2)19(14)22-20(25)15-10-18(24)23(12-15)17-9-5-8-16(21)11-17/h4-9,11,15H,3,10,12H2,1-2H3,(H,22,25). The third-order valence-corrected chi connectivity index (χ3v) is 4.84. The first-order valence-electron chi connectivity index (χ1n) is 8.45. The van der Waals surface area contributed by atoms with Crippen LogP contribution in [0.2, 0.25) is 5.02 Å². The Kier molecular flexibility index (Phi) is 5.09. The zero-order valence-electron chi connectivity index (χ0n) is 14.4. The van der Waals surface area contributed by atoms with Crippen LogP contribution in [0.3, 0.4) is 0 Å². The fraction of sp³-hybridized carbons (Fsp3) is 0.300. The van der Waals surface area contributed by atoms with Gasteiger partial charge in [-0.1, -0.05) is 42.8 Å². The van der Waals surface area contributed by atoms with E-state index in [-0.39, 0.29) is 24.2 Å². The van der Waals surface area contributed by atoms with E-state index >= 15 is 0 Å². The van der Waals surface area contributed by atoms with Gasteiger partial charge in [-0.3, -0.25) is 9.59 Å². The number of rotatable bonds is 4. The first-order chi connectivity index (χ1) is 12.0. The van der Waals surface area contributed by atoms with E-state index in [2.05, 4.69) is 12.2 Å². The monoisotopic (exact) mass is 356 g/mol. The van der Waals surface area contributed by atoms with E-state index in [0.29, 0.717) is 11.6 Å². The van der Waals surface area contributed by atoms with Gasteiger partial charge in [0.15, 0.2) is 0 Å². The molecule has 0 aromatic heterocycles. The van der Waals surface area contributed by atoms with Crippen LogP contribution in [0.25, 0.3) is 0 Å². The Morgan fingerprint density at radius 1 is 1.28 bits per heavy atom. The van der Waals surface area contributed by atoms with Gasteiger partial charge < -0.3 is 10.2 Å². The van der Waals surface area contributed by atoms with Crippen LogP contribution in [-0.4, -0.2) is 18.4 Å². The number of para-hydroxylation sites is 1. The lowest BCUT2D eigenvalue weighted by molar-refractivity contribution is -0.122. The molecule has 0 radical (unpaired) electrons. The number of nitrogens with zero attached hydrogens (tertiary/aromatic N) is 1. The molecule has 4 nitrogen and oxygen atoms in total. The summed E-state index contributed by atoms with van der Waals surface area (Å²) in [5.41, 5.74) is 3.73. The van der Waals surface area contributed by atoms with Gasteiger partial charge in [0.2, 0.25) is 11.8 Å². The van der Waals surface area contributed by atoms with Crippen molar-refractivity contribution in [2.45, 2.75) is 26.7 Å². The molecule has 130 valence electrons. The molecule has 1 saturated heterocycles. The first-order valence-corrected chi connectivity index (χ1v) is 8.82. The number of carbonyl (C=O) groups excluding carboxylic acids is 2. The summed E-state index contributed by atoms with van der Waals surface area (Å²) < 4.78 is 0. The van der Waals surface area contributed by atoms with Gasteiger partial charge in [-0.2, -0.15) is 0 Å². The minimum Gasteiger partial charge on any atom is -0.325 e. The minimum atomic E-state index is -0.365. The number of benzene rings is 2. The van der Waals surface area contributed by atoms with Crippen molar-refractivity contribution in [3.63, 3.8) is 0 Å². The van der Waals surface area contributed by atoms with Gasteiger partial charge in [0.25, 0.3) is 0 Å². The molecule has 25 heavy (non-hydrogen) atoms. The number of aryl methyl sites for hydroxylation is 2. The van der Waals surface area contributed by atoms with Crippen molar-refractivity contribution in [2.75, 3.05) is 16.8 Å². The molecule has 0 spiro atoms. The molecule has 1 fully saturated rings. The molecular weight excluding hydrogens is 336 g/mol. The number of carbonyl (C=O) groups is 2. The highest BCUT2D eigenvalue weighted by atomic mass is 35.5. The molecule has 1 N–H and O–H groups in total. The van der Waals surface area contributed by atoms with Crippen LogP contribution in [0.4, 0.5) is 11.4 Å². The third kappa shape index (κ3) is 3.69. The van der Waals surface area contributed by atoms with Gasteiger partial charge in [-0.15, -0.1) is 0 Å². The predicted octanol–water partition coefficient (Wildman–Crippen LogP) is 4.20. The van der Waals surface area contributed by atoms with Crippen molar-refractivity contribution in [3.8, 4) is 0 Å². The van der Waals surface area contributed by atoms with Crippen molar-refractivity contribution in [1.82, 2.24) is 0 Å². The summed E-state index contributed by atoms with van der Waals surface area (Å²) in [7, 11) is 0. The molecule has 2 amide bonds. The number of halogens is 1. The highest BCUT2D eigenvalue weighted by Gasteiger charge is 2.35. The van der Waals surface area contributed by atoms with Gasteiger partial charge >= 0.3 is 0 Å². The number of anilines is 2. The largest absolute Gasteiger partial charge is 0.325 e. The summed E-state index contributed by atoms with van der Waals surface area (Å²) in [6, 6.07) is 13.1. The van der Waals surface area contributed by atoms with Crippen LogP contribution >= 0.6 is 11.6 Å². The maximum absolute atomic E-state index is 12.7. The Morgan fingerprint density at radius 3 is 2.76 bits per heavy atom. The first kappa shape index (κ1) is 17.5. The van der Waals surface area contributed by atoms with E-state index in [1.165, 1.54) is 0 Å². The summed E-state index contributed by atoms with van der Waals surface area (Å²) >= 11 is 6.01. The van der Waals surface area contributed by atoms with Gasteiger partial charge in [0.05, 0.1) is 5.92 Å². The van der Waals surface area contributed by atoms with Gasteiger partial charge in [-0.05, 0) is 42.7 Å². The zero-order valence-corrected chi connectivity index (χ0v) is 15.1. The highest BCUT2D eigenvalue weighted by molar-refractivity contribution is 6.31. The lowest BCUT2D eigenvalue weighted by Crippen LogP contribution is -2.28. The second-order valence-electron chi connectivity index (χ2n) is 6.34. The second-order valence-corrected chi connectivity index (χ2v) is 6.77. The summed E-state index contributed by atoms with van der Waals surface area (Å²) in [6.45, 7) is 4.41. The van der Waals surface area contributed by atoms with E-state index in [9.17, 15) is 9.59 Å². The molecule has 2 aromatic rings. The average molecular weight is 357 g/mol. The lowest BCUT2D eigenvalue weighted by Gasteiger charge is -2.18. The SMILES string of the molecule is CCc1cccc(C)c1NC(=O)C1CC(=O)N(c2cccc(Cl)c2)C1. The molecule has 1 aliphatic heterocycles. The highest BCUT2D eigenvalue weighted by Crippen LogP contribution is 2.29. The van der Waals surface area contributed by atoms with Crippen molar-refractivity contribution >= 4 is 34.8 Å². The van der Waals surface area contributed by atoms with E-state index < -0.39 is 0 Å². The van der Waals surface area contributed by atoms with Crippen molar-refractivity contribution < 1.29 is 9.59 Å². The predicted molar refractivity (Wildman–Crippen MR) is 101 cm³/mol. The van der Waals surface area contributed by atoms with Crippen LogP contribution in [0.15, 0.2) is 42.5 Å². The van der Waals surface area contributed by atoms with Crippen molar-refractivity contribution in [2.24, 2.45) is 5.92 Å². The minimum absolute atomic E-state index is 0.0529. The van der Waals surface area contributed by atoms with E-state index in [1.54, 1.807) is 23.1 Å². The molecule has 2 aromatic carbocycles. The number of hydrogen-bond donors (Lipinski definition) is 1. The van der Waals surface area contributed by atoms with E-state index in [4.69, 9.17) is 11.6 Å². The van der Waals surface area contributed by atoms with Crippen LogP contribution in [0.5, 0.6) is 0 Å². The normalized spacial score (nSPS) is 17.0. The smallest absolute Gasteiger partial charge is 0.229 e. The lowest BCUT2D eigenvalue weighted by atomic mass is 10.0. The second kappa shape index (κ2) is 7.28. The van der Waals surface area contributed by atoms with Crippen molar-refractivity contribution in [1.29, 1.82) is 0 Å². The Hall–Kier alpha value is -2.33. The van der Waals surface area contributed by atoms with Gasteiger partial charge in [-0.25, -0.2) is 0 Å². The Morgan fingerprint density at radius 2 is 2.04 bits per heavy atom. The average Bonchev–Trinajstić information content (AvgIpc) is 2.98. The zero-order chi connectivity index (χ0) is 18.0. The van der Waals surface area contributed by atoms with Gasteiger partial charge in [0.1, 0.15) is 0 Å². The molecule has 1 atom stereocenters. The fourth-order valence-corrected chi connectivity index (χ4v) is 3.39. The Bertz CT molecular complexity index is 819.